The van der Waals surface area contributed by atoms with Crippen molar-refractivity contribution in [2.75, 3.05) is 12.4 Å². The highest BCUT2D eigenvalue weighted by Crippen LogP contribution is 2.22. The molecule has 19 heavy (non-hydrogen) atoms. The fourth-order valence-corrected chi connectivity index (χ4v) is 2.95. The van der Waals surface area contributed by atoms with Crippen molar-refractivity contribution in [3.63, 3.8) is 0 Å². The van der Waals surface area contributed by atoms with Crippen molar-refractivity contribution < 1.29 is 23.1 Å². The topological polar surface area (TPSA) is 80.7 Å². The van der Waals surface area contributed by atoms with Crippen molar-refractivity contribution in [2.45, 2.75) is 30.3 Å². The van der Waals surface area contributed by atoms with Gasteiger partial charge in [-0.1, -0.05) is 6.07 Å². The number of hydrogen-bond acceptors (Lipinski definition) is 4. The fraction of sp³-hybridized carbons (Fsp3) is 0.462. The Morgan fingerprint density at radius 3 is 2.68 bits per heavy atom. The molecule has 0 heterocycles. The first kappa shape index (κ1) is 14.0. The quantitative estimate of drug-likeness (QED) is 0.860. The molecular formula is C13H16O5S. The van der Waals surface area contributed by atoms with Gasteiger partial charge in [-0.25, -0.2) is 13.2 Å². The van der Waals surface area contributed by atoms with E-state index < -0.39 is 15.8 Å². The van der Waals surface area contributed by atoms with Gasteiger partial charge in [0, 0.05) is 0 Å². The Labute approximate surface area is 112 Å². The summed E-state index contributed by atoms with van der Waals surface area (Å²) < 4.78 is 29.5. The lowest BCUT2D eigenvalue weighted by Crippen LogP contribution is -2.24. The van der Waals surface area contributed by atoms with Crippen LogP contribution in [0.25, 0.3) is 0 Å². The first-order valence-corrected chi connectivity index (χ1v) is 7.82. The maximum absolute atomic E-state index is 12.0. The fourth-order valence-electron chi connectivity index (χ4n) is 1.80. The second-order valence-electron chi connectivity index (χ2n) is 4.58. The summed E-state index contributed by atoms with van der Waals surface area (Å²) in [6, 6.07) is 5.39. The summed E-state index contributed by atoms with van der Waals surface area (Å²) in [6.07, 6.45) is 3.32. The van der Waals surface area contributed by atoms with Gasteiger partial charge >= 0.3 is 5.97 Å². The molecule has 1 aliphatic carbocycles. The maximum Gasteiger partial charge on any atom is 0.335 e. The number of sulfone groups is 1. The number of ether oxygens (including phenoxy) is 1. The lowest BCUT2D eigenvalue weighted by atomic mass is 9.96. The molecule has 0 unspecified atom stereocenters. The predicted octanol–water partition coefficient (Wildman–Crippen LogP) is 1.73. The minimum Gasteiger partial charge on any atom is -0.478 e. The number of hydrogen-bond donors (Lipinski definition) is 1. The summed E-state index contributed by atoms with van der Waals surface area (Å²) in [6.45, 7) is 0.157. The maximum atomic E-state index is 12.0. The van der Waals surface area contributed by atoms with E-state index in [1.165, 1.54) is 24.3 Å². The Bertz CT molecular complexity index is 560. The highest BCUT2D eigenvalue weighted by Gasteiger charge is 2.20. The van der Waals surface area contributed by atoms with E-state index in [-0.39, 0.29) is 28.9 Å². The van der Waals surface area contributed by atoms with Crippen LogP contribution in [0.2, 0.25) is 0 Å². The van der Waals surface area contributed by atoms with Crippen molar-refractivity contribution in [1.82, 2.24) is 0 Å². The third-order valence-electron chi connectivity index (χ3n) is 3.20. The van der Waals surface area contributed by atoms with Crippen LogP contribution >= 0.6 is 0 Å². The largest absolute Gasteiger partial charge is 0.478 e. The number of aromatic carboxylic acids is 1. The normalized spacial score (nSPS) is 16.0. The zero-order valence-electron chi connectivity index (χ0n) is 10.4. The van der Waals surface area contributed by atoms with E-state index in [4.69, 9.17) is 9.84 Å². The molecule has 0 aromatic heterocycles. The summed E-state index contributed by atoms with van der Waals surface area (Å²) in [5, 5.41) is 8.84. The van der Waals surface area contributed by atoms with Gasteiger partial charge in [0.2, 0.25) is 0 Å². The second kappa shape index (κ2) is 5.71. The molecule has 1 aromatic rings. The molecule has 1 fully saturated rings. The van der Waals surface area contributed by atoms with Gasteiger partial charge in [0.15, 0.2) is 9.84 Å². The molecule has 1 aromatic carbocycles. The van der Waals surface area contributed by atoms with Gasteiger partial charge in [-0.3, -0.25) is 0 Å². The first-order chi connectivity index (χ1) is 8.99. The summed E-state index contributed by atoms with van der Waals surface area (Å²) in [4.78, 5) is 10.8. The van der Waals surface area contributed by atoms with Gasteiger partial charge in [0.1, 0.15) is 0 Å². The lowest BCUT2D eigenvalue weighted by Gasteiger charge is -2.25. The molecule has 1 saturated carbocycles. The van der Waals surface area contributed by atoms with E-state index in [0.29, 0.717) is 0 Å². The zero-order valence-corrected chi connectivity index (χ0v) is 11.2. The summed E-state index contributed by atoms with van der Waals surface area (Å²) in [5.41, 5.74) is -0.0269. The van der Waals surface area contributed by atoms with Crippen LogP contribution in [0, 0.1) is 0 Å². The molecule has 0 atom stereocenters. The molecule has 0 saturated heterocycles. The van der Waals surface area contributed by atoms with Crippen LogP contribution in [0.3, 0.4) is 0 Å². The van der Waals surface area contributed by atoms with E-state index in [0.717, 1.165) is 19.3 Å². The van der Waals surface area contributed by atoms with Crippen molar-refractivity contribution in [3.8, 4) is 0 Å². The van der Waals surface area contributed by atoms with Crippen LogP contribution in [-0.4, -0.2) is 38.0 Å². The molecule has 0 bridgehead atoms. The number of carboxylic acids is 1. The lowest BCUT2D eigenvalue weighted by molar-refractivity contribution is 0.0110. The molecule has 104 valence electrons. The average molecular weight is 284 g/mol. The van der Waals surface area contributed by atoms with Crippen LogP contribution in [0.1, 0.15) is 29.6 Å². The van der Waals surface area contributed by atoms with Crippen molar-refractivity contribution >= 4 is 15.8 Å². The Morgan fingerprint density at radius 2 is 2.11 bits per heavy atom. The van der Waals surface area contributed by atoms with Crippen LogP contribution in [-0.2, 0) is 14.6 Å². The van der Waals surface area contributed by atoms with E-state index >= 15 is 0 Å². The summed E-state index contributed by atoms with van der Waals surface area (Å²) in [5.74, 6) is -1.25. The van der Waals surface area contributed by atoms with Gasteiger partial charge in [0.05, 0.1) is 28.9 Å². The third-order valence-corrected chi connectivity index (χ3v) is 4.87. The Morgan fingerprint density at radius 1 is 1.37 bits per heavy atom. The number of rotatable bonds is 6. The van der Waals surface area contributed by atoms with Gasteiger partial charge in [-0.05, 0) is 37.5 Å². The Balaban J connectivity index is 2.01. The Kier molecular flexibility index (Phi) is 4.21. The van der Waals surface area contributed by atoms with Crippen LogP contribution in [0.4, 0.5) is 0 Å². The van der Waals surface area contributed by atoms with E-state index in [9.17, 15) is 13.2 Å². The SMILES string of the molecule is O=C(O)c1cccc(S(=O)(=O)CCOC2CCC2)c1. The Hall–Kier alpha value is -1.40. The van der Waals surface area contributed by atoms with Crippen LogP contribution < -0.4 is 0 Å². The molecule has 1 aliphatic rings. The standard InChI is InChI=1S/C13H16O5S/c14-13(15)10-3-1-6-12(9-10)19(16,17)8-7-18-11-4-2-5-11/h1,3,6,9,11H,2,4-5,7-8H2,(H,14,15). The van der Waals surface area contributed by atoms with Gasteiger partial charge in [0.25, 0.3) is 0 Å². The summed E-state index contributed by atoms with van der Waals surface area (Å²) in [7, 11) is -3.48. The molecular weight excluding hydrogens is 268 g/mol. The highest BCUT2D eigenvalue weighted by molar-refractivity contribution is 7.91. The molecule has 0 radical (unpaired) electrons. The minimum atomic E-state index is -3.48. The average Bonchev–Trinajstić information content (AvgIpc) is 2.32. The molecule has 5 nitrogen and oxygen atoms in total. The van der Waals surface area contributed by atoms with Crippen LogP contribution in [0.5, 0.6) is 0 Å². The predicted molar refractivity (Wildman–Crippen MR) is 69.0 cm³/mol. The highest BCUT2D eigenvalue weighted by atomic mass is 32.2. The monoisotopic (exact) mass is 284 g/mol. The smallest absolute Gasteiger partial charge is 0.335 e. The first-order valence-electron chi connectivity index (χ1n) is 6.17. The second-order valence-corrected chi connectivity index (χ2v) is 6.68. The zero-order chi connectivity index (χ0) is 13.9. The molecule has 0 spiro atoms. The molecule has 6 heteroatoms. The molecule has 1 N–H and O–H groups in total. The summed E-state index contributed by atoms with van der Waals surface area (Å²) >= 11 is 0. The van der Waals surface area contributed by atoms with Crippen molar-refractivity contribution in [1.29, 1.82) is 0 Å². The number of carboxylic acid groups (broad SMARTS) is 1. The third kappa shape index (κ3) is 3.54. The van der Waals surface area contributed by atoms with E-state index in [2.05, 4.69) is 0 Å². The van der Waals surface area contributed by atoms with Gasteiger partial charge in [-0.2, -0.15) is 0 Å². The number of benzene rings is 1. The van der Waals surface area contributed by atoms with Crippen molar-refractivity contribution in [2.24, 2.45) is 0 Å². The van der Waals surface area contributed by atoms with Gasteiger partial charge in [-0.15, -0.1) is 0 Å². The molecule has 0 aliphatic heterocycles. The molecule has 2 rings (SSSR count). The molecule has 0 amide bonds. The van der Waals surface area contributed by atoms with Crippen molar-refractivity contribution in [3.05, 3.63) is 29.8 Å². The van der Waals surface area contributed by atoms with E-state index in [1.54, 1.807) is 0 Å². The minimum absolute atomic E-state index is 0.0269. The van der Waals surface area contributed by atoms with E-state index in [1.807, 2.05) is 0 Å². The van der Waals surface area contributed by atoms with Crippen LogP contribution in [0.15, 0.2) is 29.2 Å². The number of carbonyl (C=O) groups is 1. The van der Waals surface area contributed by atoms with Gasteiger partial charge < -0.3 is 9.84 Å².